The summed E-state index contributed by atoms with van der Waals surface area (Å²) < 4.78 is 242. The average Bonchev–Trinajstić information content (AvgIpc) is 2.80. The van der Waals surface area contributed by atoms with Crippen LogP contribution in [0.15, 0.2) is 0 Å². The summed E-state index contributed by atoms with van der Waals surface area (Å²) in [5, 5.41) is 0. The van der Waals surface area contributed by atoms with E-state index in [2.05, 4.69) is 5.73 Å². The Kier molecular flexibility index (Phi) is 14.4. The molecule has 0 heterocycles. The van der Waals surface area contributed by atoms with E-state index in [-0.39, 0.29) is 13.0 Å². The van der Waals surface area contributed by atoms with Gasteiger partial charge in [0.15, 0.2) is 30.9 Å². The quantitative estimate of drug-likeness (QED) is 0.198. The third kappa shape index (κ3) is 8.29. The van der Waals surface area contributed by atoms with Crippen molar-refractivity contribution in [3.05, 3.63) is 0 Å². The zero-order valence-corrected chi connectivity index (χ0v) is 17.7. The molecule has 0 aliphatic carbocycles. The molecule has 0 amide bonds. The fourth-order valence-corrected chi connectivity index (χ4v) is 2.03. The number of alkyl halides is 19. The second-order valence-corrected chi connectivity index (χ2v) is 7.07. The van der Waals surface area contributed by atoms with Crippen LogP contribution in [0.25, 0.3) is 0 Å². The van der Waals surface area contributed by atoms with Gasteiger partial charge in [-0.2, -0.15) is 35.1 Å². The van der Waals surface area contributed by atoms with Crippen LogP contribution >= 0.6 is 0 Å². The molecule has 0 aromatic rings. The summed E-state index contributed by atoms with van der Waals surface area (Å²) in [5.74, 6) is -29.5. The van der Waals surface area contributed by atoms with E-state index in [1.165, 1.54) is 0 Å². The summed E-state index contributed by atoms with van der Waals surface area (Å²) in [7, 11) is 0. The molecule has 0 rings (SSSR count). The van der Waals surface area contributed by atoms with Crippen molar-refractivity contribution >= 4 is 0 Å². The lowest BCUT2D eigenvalue weighted by Crippen LogP contribution is -2.69. The molecule has 37 heavy (non-hydrogen) atoms. The molecule has 0 fully saturated rings. The highest BCUT2D eigenvalue weighted by atomic mass is 19.4. The van der Waals surface area contributed by atoms with Gasteiger partial charge in [-0.1, -0.05) is 0 Å². The first kappa shape index (κ1) is 37.7. The highest BCUT2D eigenvalue weighted by Gasteiger charge is 2.84. The maximum absolute atomic E-state index is 13.3. The number of rotatable bonds is 14. The molecule has 0 radical (unpaired) electrons. The Balaban J connectivity index is 0. The van der Waals surface area contributed by atoms with Crippen LogP contribution in [-0.4, -0.2) is 92.8 Å². The molecule has 0 aromatic heterocycles. The van der Waals surface area contributed by atoms with Crippen molar-refractivity contribution in [3.8, 4) is 0 Å². The van der Waals surface area contributed by atoms with Crippen molar-refractivity contribution < 1.29 is 83.4 Å². The fraction of sp³-hybridized carbons (Fsp3) is 1.00. The highest BCUT2D eigenvalue weighted by molar-refractivity contribution is 5.09. The van der Waals surface area contributed by atoms with Gasteiger partial charge >= 0.3 is 23.7 Å². The minimum Gasteiger partial charge on any atom is -0.328 e. The van der Waals surface area contributed by atoms with Gasteiger partial charge in [-0.15, -0.1) is 0 Å². The molecule has 0 aliphatic heterocycles. The molecular formula is C16H19F19N2. The van der Waals surface area contributed by atoms with E-state index in [1.807, 2.05) is 0 Å². The maximum atomic E-state index is 13.3. The number of hydrogen-bond acceptors (Lipinski definition) is 2. The van der Waals surface area contributed by atoms with Gasteiger partial charge < -0.3 is 5.73 Å². The molecule has 0 spiro atoms. The van der Waals surface area contributed by atoms with Crippen LogP contribution in [0.3, 0.4) is 0 Å². The number of nitrogens with two attached hydrogens (primary N) is 2. The lowest BCUT2D eigenvalue weighted by Gasteiger charge is -2.39. The van der Waals surface area contributed by atoms with Crippen molar-refractivity contribution in [1.29, 1.82) is 0 Å². The average molecular weight is 600 g/mol. The molecule has 0 bridgehead atoms. The van der Waals surface area contributed by atoms with E-state index < -0.39 is 86.3 Å². The smallest absolute Gasteiger partial charge is 0.328 e. The summed E-state index contributed by atoms with van der Waals surface area (Å²) in [6.45, 7) is -0.678. The van der Waals surface area contributed by atoms with Gasteiger partial charge in [0.25, 0.3) is 6.43 Å². The minimum absolute atomic E-state index is 0.0590. The Morgan fingerprint density at radius 1 is 0.541 bits per heavy atom. The Morgan fingerprint density at radius 2 is 0.892 bits per heavy atom. The Hall–Kier alpha value is -1.41. The van der Waals surface area contributed by atoms with Gasteiger partial charge in [0.05, 0.1) is 6.67 Å². The Bertz CT molecular complexity index is 648. The van der Waals surface area contributed by atoms with Crippen LogP contribution in [-0.2, 0) is 0 Å². The standard InChI is InChI=1S/C12H10F17N.C4H9F2N/c13-1(3(15)5(17)7(19)20)2(14)4(16)6(18)9(22,23)11(26,27)12(28,29)10(24,25)8(21)30;5-2-1-4(6)3-7/h1-8H,30H2;4H,1-3,7H2. The van der Waals surface area contributed by atoms with Gasteiger partial charge in [-0.05, 0) is 0 Å². The lowest BCUT2D eigenvalue weighted by molar-refractivity contribution is -0.386. The van der Waals surface area contributed by atoms with Crippen LogP contribution in [0.4, 0.5) is 83.4 Å². The predicted molar refractivity (Wildman–Crippen MR) is 88.8 cm³/mol. The topological polar surface area (TPSA) is 52.0 Å². The molecule has 2 nitrogen and oxygen atoms in total. The van der Waals surface area contributed by atoms with Crippen LogP contribution < -0.4 is 11.5 Å². The van der Waals surface area contributed by atoms with E-state index >= 15 is 0 Å². The van der Waals surface area contributed by atoms with Gasteiger partial charge in [-0.3, -0.25) is 10.1 Å². The largest absolute Gasteiger partial charge is 0.382 e. The Labute approximate surface area is 195 Å². The minimum atomic E-state index is -7.72. The molecule has 0 saturated heterocycles. The first-order valence-electron chi connectivity index (χ1n) is 9.35. The first-order valence-corrected chi connectivity index (χ1v) is 9.35. The fourth-order valence-electron chi connectivity index (χ4n) is 2.03. The molecule has 0 aliphatic rings. The zero-order chi connectivity index (χ0) is 30.3. The molecule has 8 unspecified atom stereocenters. The molecular weight excluding hydrogens is 581 g/mol. The highest BCUT2D eigenvalue weighted by Crippen LogP contribution is 2.55. The molecule has 226 valence electrons. The molecule has 0 saturated carbocycles. The van der Waals surface area contributed by atoms with Gasteiger partial charge in [0.1, 0.15) is 6.17 Å². The van der Waals surface area contributed by atoms with Gasteiger partial charge in [-0.25, -0.2) is 43.9 Å². The monoisotopic (exact) mass is 600 g/mol. The molecule has 4 N–H and O–H groups in total. The molecule has 21 heteroatoms. The van der Waals surface area contributed by atoms with E-state index in [1.54, 1.807) is 0 Å². The normalized spacial score (nSPS) is 20.3. The SMILES string of the molecule is NC(F)C(F)(F)C(F)(F)C(F)(F)C(F)(F)C(F)C(F)C(F)C(F)C(F)C(F)C(F)F.NCC(F)CCF. The third-order valence-corrected chi connectivity index (χ3v) is 4.34. The summed E-state index contributed by atoms with van der Waals surface area (Å²) in [5.41, 5.74) is 8.43. The van der Waals surface area contributed by atoms with Crippen molar-refractivity contribution in [2.75, 3.05) is 13.2 Å². The second kappa shape index (κ2) is 14.1. The third-order valence-electron chi connectivity index (χ3n) is 4.34. The summed E-state index contributed by atoms with van der Waals surface area (Å²) in [6, 6.07) is 0. The van der Waals surface area contributed by atoms with Gasteiger partial charge in [0.2, 0.25) is 12.5 Å². The van der Waals surface area contributed by atoms with Crippen molar-refractivity contribution in [2.45, 2.75) is 86.0 Å². The van der Waals surface area contributed by atoms with E-state index in [0.29, 0.717) is 0 Å². The van der Waals surface area contributed by atoms with Crippen molar-refractivity contribution in [3.63, 3.8) is 0 Å². The summed E-state index contributed by atoms with van der Waals surface area (Å²) in [6.07, 6.45) is -39.0. The molecule has 0 aromatic carbocycles. The Morgan fingerprint density at radius 3 is 1.19 bits per heavy atom. The predicted octanol–water partition coefficient (Wildman–Crippen LogP) is 5.72. The van der Waals surface area contributed by atoms with Crippen molar-refractivity contribution in [2.24, 2.45) is 11.5 Å². The van der Waals surface area contributed by atoms with Crippen LogP contribution in [0.5, 0.6) is 0 Å². The second-order valence-electron chi connectivity index (χ2n) is 7.07. The molecule has 8 atom stereocenters. The van der Waals surface area contributed by atoms with Gasteiger partial charge in [0, 0.05) is 13.0 Å². The van der Waals surface area contributed by atoms with E-state index in [4.69, 9.17) is 5.73 Å². The van der Waals surface area contributed by atoms with Crippen molar-refractivity contribution in [1.82, 2.24) is 0 Å². The van der Waals surface area contributed by atoms with E-state index in [9.17, 15) is 83.4 Å². The van der Waals surface area contributed by atoms with E-state index in [0.717, 1.165) is 0 Å². The number of halogens is 19. The summed E-state index contributed by atoms with van der Waals surface area (Å²) >= 11 is 0. The zero-order valence-electron chi connectivity index (χ0n) is 17.7. The number of hydrogen-bond donors (Lipinski definition) is 2. The van der Waals surface area contributed by atoms with Crippen LogP contribution in [0, 0.1) is 0 Å². The summed E-state index contributed by atoms with van der Waals surface area (Å²) in [4.78, 5) is 0. The van der Waals surface area contributed by atoms with Crippen LogP contribution in [0.2, 0.25) is 0 Å². The first-order chi connectivity index (χ1) is 16.4. The van der Waals surface area contributed by atoms with Crippen LogP contribution in [0.1, 0.15) is 6.42 Å². The maximum Gasteiger partial charge on any atom is 0.382 e. The lowest BCUT2D eigenvalue weighted by atomic mass is 9.91.